The van der Waals surface area contributed by atoms with E-state index in [4.69, 9.17) is 9.47 Å². The summed E-state index contributed by atoms with van der Waals surface area (Å²) in [4.78, 5) is 19.6. The van der Waals surface area contributed by atoms with Crippen LogP contribution in [0, 0.1) is 0 Å². The van der Waals surface area contributed by atoms with E-state index in [0.717, 1.165) is 53.7 Å². The van der Waals surface area contributed by atoms with E-state index in [2.05, 4.69) is 40.4 Å². The highest BCUT2D eigenvalue weighted by Gasteiger charge is 2.06. The summed E-state index contributed by atoms with van der Waals surface area (Å²) < 4.78 is 12.6. The molecule has 8 heteroatoms. The third kappa shape index (κ3) is 8.04. The van der Waals surface area contributed by atoms with Crippen molar-refractivity contribution in [1.82, 2.24) is 19.8 Å². The fourth-order valence-electron chi connectivity index (χ4n) is 3.52. The number of imidazole rings is 1. The van der Waals surface area contributed by atoms with Crippen molar-refractivity contribution in [3.63, 3.8) is 0 Å². The number of benzene rings is 1. The second-order valence-electron chi connectivity index (χ2n) is 8.05. The Balaban J connectivity index is 1.26. The molecule has 0 unspecified atom stereocenters. The van der Waals surface area contributed by atoms with Gasteiger partial charge in [0.05, 0.1) is 20.5 Å². The number of hydrogen-bond donors (Lipinski definition) is 1. The van der Waals surface area contributed by atoms with Gasteiger partial charge in [0.15, 0.2) is 11.5 Å². The van der Waals surface area contributed by atoms with Gasteiger partial charge in [0.2, 0.25) is 5.91 Å². The van der Waals surface area contributed by atoms with Crippen molar-refractivity contribution in [2.75, 3.05) is 40.9 Å². The maximum Gasteiger partial charge on any atom is 0.223 e. The minimum atomic E-state index is 0.0597. The zero-order valence-corrected chi connectivity index (χ0v) is 21.0. The quantitative estimate of drug-likeness (QED) is 0.345. The molecule has 1 aromatic carbocycles. The summed E-state index contributed by atoms with van der Waals surface area (Å²) in [5, 5.41) is 4.11. The van der Waals surface area contributed by atoms with Crippen LogP contribution < -0.4 is 14.8 Å². The Hall–Kier alpha value is -3.10. The summed E-state index contributed by atoms with van der Waals surface area (Å²) in [7, 11) is 5.44. The molecule has 3 rings (SSSR count). The maximum atomic E-state index is 12.1. The number of carbonyl (C=O) groups excluding carboxylic acids is 1. The van der Waals surface area contributed by atoms with Crippen molar-refractivity contribution >= 4 is 23.3 Å². The lowest BCUT2D eigenvalue weighted by molar-refractivity contribution is -0.120. The summed E-state index contributed by atoms with van der Waals surface area (Å²) >= 11 is 1.66. The molecule has 0 bridgehead atoms. The summed E-state index contributed by atoms with van der Waals surface area (Å²) in [6.07, 6.45) is 12.7. The number of thiophene rings is 1. The number of nitrogens with one attached hydrogen (secondary N) is 1. The van der Waals surface area contributed by atoms with Crippen molar-refractivity contribution in [3.05, 3.63) is 65.6 Å². The predicted molar refractivity (Wildman–Crippen MR) is 138 cm³/mol. The molecule has 1 amide bonds. The molecule has 0 aliphatic heterocycles. The number of carbonyl (C=O) groups is 1. The number of unbranched alkanes of at least 4 members (excludes halogenated alkanes) is 1. The Morgan fingerprint density at radius 1 is 1.15 bits per heavy atom. The van der Waals surface area contributed by atoms with E-state index >= 15 is 0 Å². The smallest absolute Gasteiger partial charge is 0.223 e. The molecule has 7 nitrogen and oxygen atoms in total. The van der Waals surface area contributed by atoms with Gasteiger partial charge in [-0.25, -0.2) is 4.98 Å². The Morgan fingerprint density at radius 3 is 2.76 bits per heavy atom. The maximum absolute atomic E-state index is 12.1. The van der Waals surface area contributed by atoms with Crippen LogP contribution in [-0.2, 0) is 11.2 Å². The molecule has 0 atom stereocenters. The van der Waals surface area contributed by atoms with E-state index in [0.29, 0.717) is 13.0 Å². The van der Waals surface area contributed by atoms with Crippen LogP contribution in [0.15, 0.2) is 55.1 Å². The highest BCUT2D eigenvalue weighted by atomic mass is 32.1. The fourth-order valence-corrected chi connectivity index (χ4v) is 4.41. The van der Waals surface area contributed by atoms with Crippen LogP contribution >= 0.6 is 11.3 Å². The largest absolute Gasteiger partial charge is 0.493 e. The van der Waals surface area contributed by atoms with Crippen molar-refractivity contribution in [2.24, 2.45) is 0 Å². The topological polar surface area (TPSA) is 68.6 Å². The molecule has 34 heavy (non-hydrogen) atoms. The van der Waals surface area contributed by atoms with Crippen molar-refractivity contribution in [2.45, 2.75) is 25.7 Å². The number of likely N-dealkylation sites (N-methyl/N-ethyl adjacent to an activating group) is 1. The van der Waals surface area contributed by atoms with Gasteiger partial charge in [-0.3, -0.25) is 9.36 Å². The van der Waals surface area contributed by atoms with Gasteiger partial charge in [-0.2, -0.15) is 0 Å². The lowest BCUT2D eigenvalue weighted by Crippen LogP contribution is -2.26. The number of methoxy groups -OCH3 is 2. The van der Waals surface area contributed by atoms with Gasteiger partial charge < -0.3 is 19.7 Å². The van der Waals surface area contributed by atoms with Crippen LogP contribution in [0.5, 0.6) is 11.5 Å². The van der Waals surface area contributed by atoms with E-state index in [-0.39, 0.29) is 5.91 Å². The monoisotopic (exact) mass is 482 g/mol. The van der Waals surface area contributed by atoms with Crippen molar-refractivity contribution in [3.8, 4) is 16.5 Å². The van der Waals surface area contributed by atoms with Gasteiger partial charge in [0.1, 0.15) is 5.00 Å². The van der Waals surface area contributed by atoms with Crippen LogP contribution in [-0.4, -0.2) is 61.3 Å². The molecule has 0 radical (unpaired) electrons. The number of rotatable bonds is 14. The molecule has 2 heterocycles. The molecule has 0 saturated carbocycles. The number of hydrogen-bond acceptors (Lipinski definition) is 6. The Bertz CT molecular complexity index is 1050. The van der Waals surface area contributed by atoms with Crippen molar-refractivity contribution in [1.29, 1.82) is 0 Å². The zero-order valence-electron chi connectivity index (χ0n) is 20.2. The van der Waals surface area contributed by atoms with Crippen LogP contribution in [0.2, 0.25) is 0 Å². The molecule has 182 valence electrons. The first-order chi connectivity index (χ1) is 16.6. The third-order valence-electron chi connectivity index (χ3n) is 5.48. The van der Waals surface area contributed by atoms with E-state index < -0.39 is 0 Å². The molecule has 0 fully saturated rings. The second-order valence-corrected chi connectivity index (χ2v) is 9.15. The highest BCUT2D eigenvalue weighted by Crippen LogP contribution is 2.27. The number of amides is 1. The van der Waals surface area contributed by atoms with E-state index in [9.17, 15) is 4.79 Å². The summed E-state index contributed by atoms with van der Waals surface area (Å²) in [6.45, 7) is 2.68. The molecule has 3 aromatic rings. The molecular weight excluding hydrogens is 448 g/mol. The minimum absolute atomic E-state index is 0.0597. The predicted octanol–water partition coefficient (Wildman–Crippen LogP) is 4.43. The second kappa shape index (κ2) is 13.6. The van der Waals surface area contributed by atoms with Crippen molar-refractivity contribution < 1.29 is 14.3 Å². The van der Waals surface area contributed by atoms with E-state index in [1.165, 1.54) is 5.56 Å². The minimum Gasteiger partial charge on any atom is -0.493 e. The third-order valence-corrected chi connectivity index (χ3v) is 6.54. The first-order valence-electron chi connectivity index (χ1n) is 11.5. The Morgan fingerprint density at radius 2 is 2.00 bits per heavy atom. The number of aromatic nitrogens is 2. The molecule has 0 aliphatic carbocycles. The average molecular weight is 483 g/mol. The molecular formula is C26H34N4O3S. The molecule has 0 saturated heterocycles. The summed E-state index contributed by atoms with van der Waals surface area (Å²) in [5.41, 5.74) is 1.23. The van der Waals surface area contributed by atoms with Crippen LogP contribution in [0.3, 0.4) is 0 Å². The van der Waals surface area contributed by atoms with Gasteiger partial charge in [-0.05, 0) is 68.8 Å². The Labute approximate surface area is 206 Å². The summed E-state index contributed by atoms with van der Waals surface area (Å²) in [6, 6.07) is 10.2. The average Bonchev–Trinajstić information content (AvgIpc) is 3.54. The molecule has 0 aliphatic rings. The first kappa shape index (κ1) is 25.5. The van der Waals surface area contributed by atoms with Crippen LogP contribution in [0.1, 0.15) is 29.7 Å². The number of ether oxygens (including phenoxy) is 2. The zero-order chi connectivity index (χ0) is 24.2. The first-order valence-corrected chi connectivity index (χ1v) is 12.3. The normalized spacial score (nSPS) is 11.3. The van der Waals surface area contributed by atoms with Crippen LogP contribution in [0.4, 0.5) is 0 Å². The SMILES string of the molecule is COc1ccc(CCN(C)CCCCNC(=O)CC=Cc2ccc(-n3ccnc3)s2)cc1OC. The van der Waals surface area contributed by atoms with E-state index in [1.54, 1.807) is 38.1 Å². The lowest BCUT2D eigenvalue weighted by Gasteiger charge is -2.17. The lowest BCUT2D eigenvalue weighted by atomic mass is 10.1. The molecule has 1 N–H and O–H groups in total. The molecule has 2 aromatic heterocycles. The molecule has 0 spiro atoms. The van der Waals surface area contributed by atoms with Gasteiger partial charge in [-0.1, -0.05) is 12.1 Å². The fraction of sp³-hybridized carbons (Fsp3) is 0.385. The number of nitrogens with zero attached hydrogens (tertiary/aromatic N) is 3. The standard InChI is InChI=1S/C26H34N4O3S/c1-29(17-13-21-9-11-23(32-2)24(19-21)33-3)16-5-4-14-28-25(31)8-6-7-22-10-12-26(34-22)30-18-15-27-20-30/h6-7,9-12,15,18-20H,4-5,8,13-14,16-17H2,1-3H3,(H,28,31). The van der Waals surface area contributed by atoms with Crippen LogP contribution in [0.25, 0.3) is 11.1 Å². The highest BCUT2D eigenvalue weighted by molar-refractivity contribution is 7.15. The van der Waals surface area contributed by atoms with Gasteiger partial charge in [0, 0.05) is 36.8 Å². The Kier molecular flexibility index (Phi) is 10.2. The van der Waals surface area contributed by atoms with E-state index in [1.807, 2.05) is 35.0 Å². The summed E-state index contributed by atoms with van der Waals surface area (Å²) in [5.74, 6) is 1.58. The van der Waals surface area contributed by atoms with Gasteiger partial charge >= 0.3 is 0 Å². The van der Waals surface area contributed by atoms with Gasteiger partial charge in [-0.15, -0.1) is 11.3 Å². The van der Waals surface area contributed by atoms with Gasteiger partial charge in [0.25, 0.3) is 0 Å².